The fourth-order valence-electron chi connectivity index (χ4n) is 1.25. The molecule has 0 aliphatic rings. The summed E-state index contributed by atoms with van der Waals surface area (Å²) in [6, 6.07) is 4.34. The molecule has 86 valence electrons. The lowest BCUT2D eigenvalue weighted by Gasteiger charge is -2.01. The van der Waals surface area contributed by atoms with Gasteiger partial charge in [0.05, 0.1) is 0 Å². The Kier molecular flexibility index (Phi) is 2.78. The average molecular weight is 236 g/mol. The normalized spacial score (nSPS) is 10.2. The SMILES string of the molecule is O=C(O)c1ccnc(-c2ccc(F)c(F)c2)n1. The molecule has 0 saturated heterocycles. The van der Waals surface area contributed by atoms with Crippen molar-refractivity contribution in [1.82, 2.24) is 9.97 Å². The molecule has 0 saturated carbocycles. The number of carboxylic acids is 1. The van der Waals surface area contributed by atoms with Gasteiger partial charge in [0.15, 0.2) is 23.2 Å². The number of aromatic carboxylic acids is 1. The third-order valence-corrected chi connectivity index (χ3v) is 2.05. The van der Waals surface area contributed by atoms with Crippen LogP contribution in [-0.2, 0) is 0 Å². The predicted octanol–water partition coefficient (Wildman–Crippen LogP) is 2.12. The second kappa shape index (κ2) is 4.25. The lowest BCUT2D eigenvalue weighted by molar-refractivity contribution is 0.0690. The van der Waals surface area contributed by atoms with Gasteiger partial charge in [0.25, 0.3) is 0 Å². The summed E-state index contributed by atoms with van der Waals surface area (Å²) < 4.78 is 25.7. The molecule has 1 aromatic carbocycles. The van der Waals surface area contributed by atoms with E-state index in [0.29, 0.717) is 0 Å². The van der Waals surface area contributed by atoms with Crippen LogP contribution >= 0.6 is 0 Å². The fraction of sp³-hybridized carbons (Fsp3) is 0. The highest BCUT2D eigenvalue weighted by molar-refractivity contribution is 5.85. The molecule has 0 aliphatic carbocycles. The third kappa shape index (κ3) is 2.25. The molecular formula is C11H6F2N2O2. The predicted molar refractivity (Wildman–Crippen MR) is 54.3 cm³/mol. The highest BCUT2D eigenvalue weighted by Crippen LogP contribution is 2.17. The zero-order valence-electron chi connectivity index (χ0n) is 8.39. The van der Waals surface area contributed by atoms with E-state index < -0.39 is 17.6 Å². The van der Waals surface area contributed by atoms with Gasteiger partial charge in [-0.05, 0) is 24.3 Å². The van der Waals surface area contributed by atoms with Crippen molar-refractivity contribution in [2.45, 2.75) is 0 Å². The van der Waals surface area contributed by atoms with Crippen LogP contribution in [-0.4, -0.2) is 21.0 Å². The second-order valence-electron chi connectivity index (χ2n) is 3.20. The number of carbonyl (C=O) groups is 1. The maximum atomic E-state index is 13.0. The van der Waals surface area contributed by atoms with E-state index in [4.69, 9.17) is 5.11 Å². The second-order valence-corrected chi connectivity index (χ2v) is 3.20. The van der Waals surface area contributed by atoms with Gasteiger partial charge >= 0.3 is 5.97 Å². The van der Waals surface area contributed by atoms with Crippen molar-refractivity contribution in [2.24, 2.45) is 0 Å². The minimum absolute atomic E-state index is 0.0313. The Morgan fingerprint density at radius 3 is 2.59 bits per heavy atom. The molecule has 0 bridgehead atoms. The number of benzene rings is 1. The van der Waals surface area contributed by atoms with Gasteiger partial charge in [0, 0.05) is 11.8 Å². The molecule has 4 nitrogen and oxygen atoms in total. The molecule has 1 N–H and O–H groups in total. The van der Waals surface area contributed by atoms with E-state index in [0.717, 1.165) is 12.1 Å². The Balaban J connectivity index is 2.49. The molecule has 0 spiro atoms. The van der Waals surface area contributed by atoms with Gasteiger partial charge < -0.3 is 5.11 Å². The first-order valence-electron chi connectivity index (χ1n) is 4.59. The first-order valence-corrected chi connectivity index (χ1v) is 4.59. The van der Waals surface area contributed by atoms with E-state index in [9.17, 15) is 13.6 Å². The van der Waals surface area contributed by atoms with E-state index >= 15 is 0 Å². The van der Waals surface area contributed by atoms with Crippen molar-refractivity contribution in [2.75, 3.05) is 0 Å². The summed E-state index contributed by atoms with van der Waals surface area (Å²) in [7, 11) is 0. The molecule has 0 radical (unpaired) electrons. The summed E-state index contributed by atoms with van der Waals surface area (Å²) >= 11 is 0. The molecule has 1 aromatic heterocycles. The van der Waals surface area contributed by atoms with Crippen LogP contribution in [0, 0.1) is 11.6 Å². The van der Waals surface area contributed by atoms with Gasteiger partial charge in [-0.25, -0.2) is 23.5 Å². The van der Waals surface area contributed by atoms with Crippen molar-refractivity contribution in [1.29, 1.82) is 0 Å². The van der Waals surface area contributed by atoms with Crippen LogP contribution in [0.3, 0.4) is 0 Å². The van der Waals surface area contributed by atoms with Crippen LogP contribution < -0.4 is 0 Å². The lowest BCUT2D eigenvalue weighted by atomic mass is 10.2. The Hall–Kier alpha value is -2.37. The molecule has 2 rings (SSSR count). The zero-order chi connectivity index (χ0) is 12.4. The summed E-state index contributed by atoms with van der Waals surface area (Å²) in [5.74, 6) is -3.20. The van der Waals surface area contributed by atoms with Crippen LogP contribution in [0.15, 0.2) is 30.5 Å². The first kappa shape index (κ1) is 11.1. The molecule has 0 atom stereocenters. The van der Waals surface area contributed by atoms with Gasteiger partial charge in [-0.3, -0.25) is 0 Å². The Morgan fingerprint density at radius 2 is 1.94 bits per heavy atom. The molecule has 0 unspecified atom stereocenters. The maximum absolute atomic E-state index is 13.0. The average Bonchev–Trinajstić information content (AvgIpc) is 2.33. The van der Waals surface area contributed by atoms with E-state index in [-0.39, 0.29) is 17.1 Å². The Morgan fingerprint density at radius 1 is 1.18 bits per heavy atom. The van der Waals surface area contributed by atoms with Crippen molar-refractivity contribution in [3.8, 4) is 11.4 Å². The van der Waals surface area contributed by atoms with Crippen molar-refractivity contribution >= 4 is 5.97 Å². The van der Waals surface area contributed by atoms with Crippen LogP contribution in [0.5, 0.6) is 0 Å². The van der Waals surface area contributed by atoms with Crippen LogP contribution in [0.1, 0.15) is 10.5 Å². The lowest BCUT2D eigenvalue weighted by Crippen LogP contribution is -2.02. The number of hydrogen-bond donors (Lipinski definition) is 1. The van der Waals surface area contributed by atoms with E-state index in [1.165, 1.54) is 18.3 Å². The van der Waals surface area contributed by atoms with Gasteiger partial charge in [-0.2, -0.15) is 0 Å². The molecule has 2 aromatic rings. The molecular weight excluding hydrogens is 230 g/mol. The van der Waals surface area contributed by atoms with Crippen molar-refractivity contribution in [3.63, 3.8) is 0 Å². The number of nitrogens with zero attached hydrogens (tertiary/aromatic N) is 2. The summed E-state index contributed by atoms with van der Waals surface area (Å²) in [6.45, 7) is 0. The fourth-order valence-corrected chi connectivity index (χ4v) is 1.25. The number of aromatic nitrogens is 2. The summed E-state index contributed by atoms with van der Waals surface area (Å²) in [6.07, 6.45) is 1.24. The van der Waals surface area contributed by atoms with Gasteiger partial charge in [-0.15, -0.1) is 0 Å². The summed E-state index contributed by atoms with van der Waals surface area (Å²) in [5.41, 5.74) is 0.00623. The van der Waals surface area contributed by atoms with E-state index in [1.54, 1.807) is 0 Å². The number of rotatable bonds is 2. The van der Waals surface area contributed by atoms with Crippen LogP contribution in [0.4, 0.5) is 8.78 Å². The minimum Gasteiger partial charge on any atom is -0.477 e. The van der Waals surface area contributed by atoms with Crippen LogP contribution in [0.2, 0.25) is 0 Å². The van der Waals surface area contributed by atoms with Gasteiger partial charge in [0.1, 0.15) is 0 Å². The summed E-state index contributed by atoms with van der Waals surface area (Å²) in [5, 5.41) is 8.73. The highest BCUT2D eigenvalue weighted by Gasteiger charge is 2.10. The number of carboxylic acid groups (broad SMARTS) is 1. The largest absolute Gasteiger partial charge is 0.477 e. The summed E-state index contributed by atoms with van der Waals surface area (Å²) in [4.78, 5) is 18.2. The minimum atomic E-state index is -1.21. The number of halogens is 2. The van der Waals surface area contributed by atoms with Gasteiger partial charge in [-0.1, -0.05) is 0 Å². The first-order chi connectivity index (χ1) is 8.08. The molecule has 0 amide bonds. The number of hydrogen-bond acceptors (Lipinski definition) is 3. The van der Waals surface area contributed by atoms with Crippen molar-refractivity contribution < 1.29 is 18.7 Å². The Labute approximate surface area is 94.6 Å². The van der Waals surface area contributed by atoms with Crippen molar-refractivity contribution in [3.05, 3.63) is 47.8 Å². The van der Waals surface area contributed by atoms with E-state index in [1.807, 2.05) is 0 Å². The standard InChI is InChI=1S/C11H6F2N2O2/c12-7-2-1-6(5-8(7)13)10-14-4-3-9(15-10)11(16)17/h1-5H,(H,16,17). The van der Waals surface area contributed by atoms with Crippen LogP contribution in [0.25, 0.3) is 11.4 Å². The van der Waals surface area contributed by atoms with Gasteiger partial charge in [0.2, 0.25) is 0 Å². The quantitative estimate of drug-likeness (QED) is 0.867. The highest BCUT2D eigenvalue weighted by atomic mass is 19.2. The molecule has 6 heteroatoms. The van der Waals surface area contributed by atoms with E-state index in [2.05, 4.69) is 9.97 Å². The molecule has 17 heavy (non-hydrogen) atoms. The Bertz CT molecular complexity index is 587. The molecule has 0 fully saturated rings. The topological polar surface area (TPSA) is 63.1 Å². The molecule has 0 aliphatic heterocycles. The maximum Gasteiger partial charge on any atom is 0.354 e. The molecule has 1 heterocycles. The zero-order valence-corrected chi connectivity index (χ0v) is 8.39. The third-order valence-electron chi connectivity index (χ3n) is 2.05. The monoisotopic (exact) mass is 236 g/mol. The smallest absolute Gasteiger partial charge is 0.354 e.